The molecule has 2 atom stereocenters. The molecule has 0 N–H and O–H groups in total. The fraction of sp³-hybridized carbons (Fsp3) is 0.562. The molecular weight excluding hydrogens is 286 g/mol. The van der Waals surface area contributed by atoms with Crippen LogP contribution in [-0.2, 0) is 9.84 Å². The molecule has 1 aliphatic heterocycles. The maximum Gasteiger partial charge on any atom is 0.166 e. The van der Waals surface area contributed by atoms with Gasteiger partial charge >= 0.3 is 0 Å². The van der Waals surface area contributed by atoms with Gasteiger partial charge in [-0.25, -0.2) is 8.42 Å². The highest BCUT2D eigenvalue weighted by Gasteiger charge is 2.34. The van der Waals surface area contributed by atoms with E-state index in [-0.39, 0.29) is 17.1 Å². The second-order valence-corrected chi connectivity index (χ2v) is 8.48. The predicted octanol–water partition coefficient (Wildman–Crippen LogP) is 2.44. The van der Waals surface area contributed by atoms with Crippen molar-refractivity contribution in [3.05, 3.63) is 29.8 Å². The van der Waals surface area contributed by atoms with E-state index in [0.29, 0.717) is 19.4 Å². The normalized spacial score (nSPS) is 26.5. The van der Waals surface area contributed by atoms with E-state index < -0.39 is 9.84 Å². The third-order valence-electron chi connectivity index (χ3n) is 4.74. The fourth-order valence-corrected chi connectivity index (χ4v) is 4.78. The summed E-state index contributed by atoms with van der Waals surface area (Å²) in [6, 6.07) is 7.92. The number of hydrogen-bond acceptors (Lipinski definition) is 4. The molecule has 1 fully saturated rings. The smallest absolute Gasteiger partial charge is 0.166 e. The van der Waals surface area contributed by atoms with E-state index in [2.05, 4.69) is 4.90 Å². The van der Waals surface area contributed by atoms with E-state index in [1.165, 1.54) is 6.26 Å². The van der Waals surface area contributed by atoms with Crippen molar-refractivity contribution < 1.29 is 13.2 Å². The third-order valence-corrected chi connectivity index (χ3v) is 6.38. The van der Waals surface area contributed by atoms with Gasteiger partial charge in [0.1, 0.15) is 9.84 Å². The van der Waals surface area contributed by atoms with Gasteiger partial charge in [0.2, 0.25) is 0 Å². The highest BCUT2D eigenvalue weighted by atomic mass is 32.2. The van der Waals surface area contributed by atoms with E-state index in [1.807, 2.05) is 24.3 Å². The molecule has 1 aromatic carbocycles. The molecule has 0 radical (unpaired) electrons. The van der Waals surface area contributed by atoms with Gasteiger partial charge in [-0.3, -0.25) is 4.79 Å². The number of Topliss-reactive ketones (excluding diaryl/α,β-unsaturated/α-hetero) is 1. The van der Waals surface area contributed by atoms with Gasteiger partial charge in [-0.05, 0) is 31.4 Å². The lowest BCUT2D eigenvalue weighted by Crippen LogP contribution is -2.45. The van der Waals surface area contributed by atoms with E-state index in [0.717, 1.165) is 30.5 Å². The predicted molar refractivity (Wildman–Crippen MR) is 83.6 cm³/mol. The Kier molecular flexibility index (Phi) is 3.78. The van der Waals surface area contributed by atoms with Crippen molar-refractivity contribution in [2.75, 3.05) is 17.7 Å². The van der Waals surface area contributed by atoms with Crippen LogP contribution in [0.2, 0.25) is 0 Å². The Bertz CT molecular complexity index is 653. The summed E-state index contributed by atoms with van der Waals surface area (Å²) in [4.78, 5) is 14.3. The molecule has 4 nitrogen and oxygen atoms in total. The number of carbonyl (C=O) groups excluding carboxylic acids is 1. The Labute approximate surface area is 126 Å². The molecule has 0 spiro atoms. The van der Waals surface area contributed by atoms with Gasteiger partial charge in [-0.2, -0.15) is 0 Å². The zero-order valence-corrected chi connectivity index (χ0v) is 13.1. The third kappa shape index (κ3) is 2.84. The van der Waals surface area contributed by atoms with Crippen LogP contribution in [-0.4, -0.2) is 38.3 Å². The molecule has 114 valence electrons. The SMILES string of the molecule is CS(=O)(=O)C1CCCC(N2CCC(=O)c3ccccc32)C1. The Balaban J connectivity index is 1.88. The van der Waals surface area contributed by atoms with Crippen LogP contribution in [0.4, 0.5) is 5.69 Å². The number of anilines is 1. The molecule has 0 bridgehead atoms. The first-order valence-electron chi connectivity index (χ1n) is 7.54. The van der Waals surface area contributed by atoms with Crippen molar-refractivity contribution in [2.45, 2.75) is 43.4 Å². The van der Waals surface area contributed by atoms with Crippen molar-refractivity contribution in [1.29, 1.82) is 0 Å². The Morgan fingerprint density at radius 2 is 1.95 bits per heavy atom. The number of hydrogen-bond donors (Lipinski definition) is 0. The first-order chi connectivity index (χ1) is 9.97. The average Bonchev–Trinajstić information content (AvgIpc) is 2.47. The van der Waals surface area contributed by atoms with E-state index in [4.69, 9.17) is 0 Å². The van der Waals surface area contributed by atoms with Crippen LogP contribution in [0, 0.1) is 0 Å². The first-order valence-corrected chi connectivity index (χ1v) is 9.50. The van der Waals surface area contributed by atoms with Gasteiger partial charge in [0.15, 0.2) is 5.78 Å². The molecule has 2 aliphatic rings. The molecule has 0 amide bonds. The topological polar surface area (TPSA) is 54.5 Å². The number of rotatable bonds is 2. The Morgan fingerprint density at radius 3 is 2.71 bits per heavy atom. The maximum absolute atomic E-state index is 12.0. The quantitative estimate of drug-likeness (QED) is 0.842. The number of para-hydroxylation sites is 1. The fourth-order valence-electron chi connectivity index (χ4n) is 3.61. The molecule has 2 unspecified atom stereocenters. The van der Waals surface area contributed by atoms with Crippen LogP contribution in [0.25, 0.3) is 0 Å². The summed E-state index contributed by atoms with van der Waals surface area (Å²) < 4.78 is 23.7. The van der Waals surface area contributed by atoms with Gasteiger partial charge in [0, 0.05) is 36.5 Å². The van der Waals surface area contributed by atoms with E-state index >= 15 is 0 Å². The minimum atomic E-state index is -2.98. The van der Waals surface area contributed by atoms with Crippen LogP contribution in [0.1, 0.15) is 42.5 Å². The molecule has 1 aliphatic carbocycles. The lowest BCUT2D eigenvalue weighted by Gasteiger charge is -2.41. The number of fused-ring (bicyclic) bond motifs is 1. The number of ketones is 1. The van der Waals surface area contributed by atoms with Crippen molar-refractivity contribution in [3.8, 4) is 0 Å². The molecule has 5 heteroatoms. The highest BCUT2D eigenvalue weighted by Crippen LogP contribution is 2.34. The maximum atomic E-state index is 12.0. The van der Waals surface area contributed by atoms with E-state index in [1.54, 1.807) is 0 Å². The van der Waals surface area contributed by atoms with Crippen molar-refractivity contribution in [3.63, 3.8) is 0 Å². The van der Waals surface area contributed by atoms with Crippen LogP contribution in [0.15, 0.2) is 24.3 Å². The summed E-state index contributed by atoms with van der Waals surface area (Å²) in [7, 11) is -2.98. The molecule has 3 rings (SSSR count). The number of carbonyl (C=O) groups is 1. The average molecular weight is 307 g/mol. The van der Waals surface area contributed by atoms with Gasteiger partial charge in [-0.1, -0.05) is 18.6 Å². The van der Waals surface area contributed by atoms with Gasteiger partial charge in [0.25, 0.3) is 0 Å². The second-order valence-electron chi connectivity index (χ2n) is 6.16. The zero-order valence-electron chi connectivity index (χ0n) is 12.3. The molecule has 1 aromatic rings. The lowest BCUT2D eigenvalue weighted by molar-refractivity contribution is 0.0978. The second kappa shape index (κ2) is 5.44. The zero-order chi connectivity index (χ0) is 15.0. The van der Waals surface area contributed by atoms with Crippen LogP contribution in [0.5, 0.6) is 0 Å². The largest absolute Gasteiger partial charge is 0.367 e. The molecule has 0 saturated heterocycles. The molecular formula is C16H21NO3S. The molecule has 21 heavy (non-hydrogen) atoms. The summed E-state index contributed by atoms with van der Waals surface area (Å²) >= 11 is 0. The number of sulfone groups is 1. The summed E-state index contributed by atoms with van der Waals surface area (Å²) in [5.74, 6) is 0.192. The van der Waals surface area contributed by atoms with Crippen LogP contribution in [0.3, 0.4) is 0 Å². The van der Waals surface area contributed by atoms with Crippen molar-refractivity contribution >= 4 is 21.3 Å². The summed E-state index contributed by atoms with van der Waals surface area (Å²) in [6.07, 6.45) is 5.26. The standard InChI is InChI=1S/C16H21NO3S/c1-21(19,20)13-6-4-5-12(11-13)17-10-9-16(18)14-7-2-3-8-15(14)17/h2-3,7-8,12-13H,4-6,9-11H2,1H3. The van der Waals surface area contributed by atoms with Gasteiger partial charge in [-0.15, -0.1) is 0 Å². The monoisotopic (exact) mass is 307 g/mol. The van der Waals surface area contributed by atoms with Gasteiger partial charge < -0.3 is 4.90 Å². The van der Waals surface area contributed by atoms with Crippen molar-refractivity contribution in [2.24, 2.45) is 0 Å². The minimum Gasteiger partial charge on any atom is -0.367 e. The first kappa shape index (κ1) is 14.6. The highest BCUT2D eigenvalue weighted by molar-refractivity contribution is 7.91. The number of benzene rings is 1. The number of nitrogens with zero attached hydrogens (tertiary/aromatic N) is 1. The van der Waals surface area contributed by atoms with Crippen LogP contribution < -0.4 is 4.90 Å². The lowest BCUT2D eigenvalue weighted by atomic mass is 9.90. The minimum absolute atomic E-state index is 0.192. The van der Waals surface area contributed by atoms with Crippen LogP contribution >= 0.6 is 0 Å². The van der Waals surface area contributed by atoms with E-state index in [9.17, 15) is 13.2 Å². The summed E-state index contributed by atoms with van der Waals surface area (Å²) in [6.45, 7) is 0.705. The Morgan fingerprint density at radius 1 is 1.19 bits per heavy atom. The molecule has 0 aromatic heterocycles. The van der Waals surface area contributed by atoms with Gasteiger partial charge in [0.05, 0.1) is 5.25 Å². The molecule has 1 saturated carbocycles. The molecule has 1 heterocycles. The summed E-state index contributed by atoms with van der Waals surface area (Å²) in [5.41, 5.74) is 1.76. The Hall–Kier alpha value is -1.36. The van der Waals surface area contributed by atoms with Crippen molar-refractivity contribution in [1.82, 2.24) is 0 Å². The summed E-state index contributed by atoms with van der Waals surface area (Å²) in [5, 5.41) is -0.235.